The van der Waals surface area contributed by atoms with Crippen LogP contribution in [0, 0.1) is 19.8 Å². The van der Waals surface area contributed by atoms with E-state index in [1.807, 2.05) is 0 Å². The predicted octanol–water partition coefficient (Wildman–Crippen LogP) is 5.47. The van der Waals surface area contributed by atoms with Gasteiger partial charge >= 0.3 is 0 Å². The van der Waals surface area contributed by atoms with Crippen LogP contribution in [-0.2, 0) is 0 Å². The minimum absolute atomic E-state index is 0.623. The predicted molar refractivity (Wildman–Crippen MR) is 91.4 cm³/mol. The summed E-state index contributed by atoms with van der Waals surface area (Å²) >= 11 is 0. The quantitative estimate of drug-likeness (QED) is 0.725. The molecule has 1 N–H and O–H groups in total. The molecule has 0 amide bonds. The van der Waals surface area contributed by atoms with Gasteiger partial charge in [-0.15, -0.1) is 0 Å². The van der Waals surface area contributed by atoms with Crippen LogP contribution in [0.4, 0.5) is 5.69 Å². The van der Waals surface area contributed by atoms with Gasteiger partial charge in [0.05, 0.1) is 7.11 Å². The molecule has 0 spiro atoms. The minimum Gasteiger partial charge on any atom is -0.496 e. The van der Waals surface area contributed by atoms with E-state index in [9.17, 15) is 0 Å². The molecule has 1 aliphatic rings. The average molecular weight is 289 g/mol. The summed E-state index contributed by atoms with van der Waals surface area (Å²) in [5.74, 6) is 1.98. The molecule has 0 aliphatic heterocycles. The van der Waals surface area contributed by atoms with Crippen molar-refractivity contribution >= 4 is 5.69 Å². The number of methoxy groups -OCH3 is 1. The Labute approximate surface area is 130 Å². The smallest absolute Gasteiger partial charge is 0.126 e. The lowest BCUT2D eigenvalue weighted by Gasteiger charge is -2.21. The van der Waals surface area contributed by atoms with E-state index in [-0.39, 0.29) is 0 Å². The first-order valence-corrected chi connectivity index (χ1v) is 8.56. The number of anilines is 1. The van der Waals surface area contributed by atoms with E-state index in [4.69, 9.17) is 4.74 Å². The second-order valence-electron chi connectivity index (χ2n) is 6.59. The third kappa shape index (κ3) is 4.15. The summed E-state index contributed by atoms with van der Waals surface area (Å²) < 4.78 is 5.54. The van der Waals surface area contributed by atoms with E-state index in [2.05, 4.69) is 38.2 Å². The number of hydrogen-bond donors (Lipinski definition) is 1. The molecule has 1 aliphatic carbocycles. The lowest BCUT2D eigenvalue weighted by molar-refractivity contribution is 0.408. The first-order valence-electron chi connectivity index (χ1n) is 8.56. The molecule has 2 unspecified atom stereocenters. The number of nitrogens with one attached hydrogen (secondary N) is 1. The Morgan fingerprint density at radius 1 is 1.14 bits per heavy atom. The molecule has 1 aromatic rings. The minimum atomic E-state index is 0.623. The summed E-state index contributed by atoms with van der Waals surface area (Å²) in [7, 11) is 1.76. The number of hydrogen-bond acceptors (Lipinski definition) is 2. The zero-order valence-corrected chi connectivity index (χ0v) is 14.2. The fourth-order valence-electron chi connectivity index (χ4n) is 3.74. The monoisotopic (exact) mass is 289 g/mol. The van der Waals surface area contributed by atoms with Gasteiger partial charge in [0, 0.05) is 17.3 Å². The Balaban J connectivity index is 2.02. The fourth-order valence-corrected chi connectivity index (χ4v) is 3.74. The van der Waals surface area contributed by atoms with Crippen LogP contribution in [0.25, 0.3) is 0 Å². The third-order valence-electron chi connectivity index (χ3n) is 4.95. The first kappa shape index (κ1) is 16.2. The molecule has 21 heavy (non-hydrogen) atoms. The zero-order valence-electron chi connectivity index (χ0n) is 14.2. The highest BCUT2D eigenvalue weighted by Gasteiger charge is 2.19. The number of aryl methyl sites for hydroxylation is 1. The van der Waals surface area contributed by atoms with Crippen LogP contribution in [0.15, 0.2) is 12.1 Å². The molecule has 2 heteroatoms. The maximum atomic E-state index is 5.54. The Kier molecular flexibility index (Phi) is 5.96. The number of rotatable bonds is 5. The van der Waals surface area contributed by atoms with Crippen LogP contribution in [-0.4, -0.2) is 13.2 Å². The fraction of sp³-hybridized carbons (Fsp3) is 0.684. The second kappa shape index (κ2) is 7.72. The summed E-state index contributed by atoms with van der Waals surface area (Å²) in [6.45, 7) is 6.57. The number of benzene rings is 1. The average Bonchev–Trinajstić information content (AvgIpc) is 2.69. The maximum Gasteiger partial charge on any atom is 0.126 e. The summed E-state index contributed by atoms with van der Waals surface area (Å²) in [4.78, 5) is 0. The standard InChI is InChI=1S/C19H31NO/c1-5-7-16-8-6-9-17(12-11-16)20-18-13-10-14(2)19(21-4)15(18)3/h10,13,16-17,20H,5-9,11-12H2,1-4H3. The maximum absolute atomic E-state index is 5.54. The zero-order chi connectivity index (χ0) is 15.2. The van der Waals surface area contributed by atoms with Crippen molar-refractivity contribution in [2.75, 3.05) is 12.4 Å². The Morgan fingerprint density at radius 3 is 2.67 bits per heavy atom. The van der Waals surface area contributed by atoms with Crippen LogP contribution >= 0.6 is 0 Å². The molecule has 0 saturated heterocycles. The molecule has 1 aromatic carbocycles. The van der Waals surface area contributed by atoms with E-state index in [1.165, 1.54) is 61.8 Å². The molecule has 1 saturated carbocycles. The second-order valence-corrected chi connectivity index (χ2v) is 6.59. The third-order valence-corrected chi connectivity index (χ3v) is 4.95. The SMILES string of the molecule is CCCC1CCCC(Nc2ccc(C)c(OC)c2C)CC1. The van der Waals surface area contributed by atoms with Crippen LogP contribution in [0.3, 0.4) is 0 Å². The molecular weight excluding hydrogens is 258 g/mol. The molecule has 118 valence electrons. The van der Waals surface area contributed by atoms with Crippen molar-refractivity contribution in [2.45, 2.75) is 71.8 Å². The van der Waals surface area contributed by atoms with Crippen LogP contribution in [0.2, 0.25) is 0 Å². The highest BCUT2D eigenvalue weighted by Crippen LogP contribution is 2.32. The molecular formula is C19H31NO. The van der Waals surface area contributed by atoms with Crippen molar-refractivity contribution in [2.24, 2.45) is 5.92 Å². The van der Waals surface area contributed by atoms with Crippen molar-refractivity contribution in [3.05, 3.63) is 23.3 Å². The van der Waals surface area contributed by atoms with Gasteiger partial charge < -0.3 is 10.1 Å². The van der Waals surface area contributed by atoms with Crippen molar-refractivity contribution < 1.29 is 4.74 Å². The van der Waals surface area contributed by atoms with Crippen molar-refractivity contribution in [1.29, 1.82) is 0 Å². The molecule has 2 nitrogen and oxygen atoms in total. The summed E-state index contributed by atoms with van der Waals surface area (Å²) in [5, 5.41) is 3.77. The Hall–Kier alpha value is -1.18. The number of ether oxygens (including phenoxy) is 1. The largest absolute Gasteiger partial charge is 0.496 e. The van der Waals surface area contributed by atoms with Gasteiger partial charge in [0.15, 0.2) is 0 Å². The van der Waals surface area contributed by atoms with Gasteiger partial charge in [0.1, 0.15) is 5.75 Å². The molecule has 0 aromatic heterocycles. The lowest BCUT2D eigenvalue weighted by atomic mass is 9.95. The van der Waals surface area contributed by atoms with Crippen molar-refractivity contribution in [1.82, 2.24) is 0 Å². The van der Waals surface area contributed by atoms with E-state index < -0.39 is 0 Å². The molecule has 0 radical (unpaired) electrons. The van der Waals surface area contributed by atoms with Crippen LogP contribution in [0.1, 0.15) is 63.0 Å². The van der Waals surface area contributed by atoms with Gasteiger partial charge in [0.2, 0.25) is 0 Å². The van der Waals surface area contributed by atoms with Crippen LogP contribution in [0.5, 0.6) is 5.75 Å². The molecule has 0 bridgehead atoms. The van der Waals surface area contributed by atoms with Gasteiger partial charge in [-0.05, 0) is 50.7 Å². The van der Waals surface area contributed by atoms with Crippen molar-refractivity contribution in [3.63, 3.8) is 0 Å². The van der Waals surface area contributed by atoms with Crippen molar-refractivity contribution in [3.8, 4) is 5.75 Å². The molecule has 2 atom stereocenters. The van der Waals surface area contributed by atoms with Gasteiger partial charge in [-0.2, -0.15) is 0 Å². The van der Waals surface area contributed by atoms with Gasteiger partial charge in [-0.25, -0.2) is 0 Å². The van der Waals surface area contributed by atoms with Crippen LogP contribution < -0.4 is 10.1 Å². The Bertz CT molecular complexity index is 455. The van der Waals surface area contributed by atoms with E-state index in [0.29, 0.717) is 6.04 Å². The van der Waals surface area contributed by atoms with E-state index in [0.717, 1.165) is 11.7 Å². The van der Waals surface area contributed by atoms with Gasteiger partial charge in [0.25, 0.3) is 0 Å². The highest BCUT2D eigenvalue weighted by molar-refractivity contribution is 5.60. The summed E-state index contributed by atoms with van der Waals surface area (Å²) in [6, 6.07) is 4.99. The topological polar surface area (TPSA) is 21.3 Å². The Morgan fingerprint density at radius 2 is 1.95 bits per heavy atom. The summed E-state index contributed by atoms with van der Waals surface area (Å²) in [6.07, 6.45) is 9.51. The first-order chi connectivity index (χ1) is 10.2. The molecule has 2 rings (SSSR count). The van der Waals surface area contributed by atoms with Gasteiger partial charge in [-0.3, -0.25) is 0 Å². The lowest BCUT2D eigenvalue weighted by Crippen LogP contribution is -2.19. The highest BCUT2D eigenvalue weighted by atomic mass is 16.5. The van der Waals surface area contributed by atoms with E-state index in [1.54, 1.807) is 7.11 Å². The van der Waals surface area contributed by atoms with E-state index >= 15 is 0 Å². The molecule has 1 fully saturated rings. The summed E-state index contributed by atoms with van der Waals surface area (Å²) in [5.41, 5.74) is 3.70. The molecule has 0 heterocycles. The normalized spacial score (nSPS) is 22.7. The van der Waals surface area contributed by atoms with Gasteiger partial charge in [-0.1, -0.05) is 38.7 Å².